The Hall–Kier alpha value is -2.10. The molecule has 2 heterocycles. The standard InChI is InChI=1S/C21H21Cl2N5O2S/c22-17-7-6-15(12-18(17)23)24-20(29)14-31-21-26-25-19(13-27-8-10-30-11-9-27)28(21)16-4-2-1-3-5-16/h1-7,12H,8-11,13-14H2,(H,24,29). The molecule has 1 aliphatic heterocycles. The number of aromatic nitrogens is 3. The minimum atomic E-state index is -0.166. The summed E-state index contributed by atoms with van der Waals surface area (Å²) in [5.74, 6) is 0.851. The van der Waals surface area contributed by atoms with E-state index in [9.17, 15) is 4.79 Å². The Bertz CT molecular complexity index is 1040. The first-order valence-electron chi connectivity index (χ1n) is 9.77. The predicted octanol–water partition coefficient (Wildman–Crippen LogP) is 4.14. The second kappa shape index (κ2) is 10.5. The average Bonchev–Trinajstić information content (AvgIpc) is 3.18. The Morgan fingerprint density at radius 3 is 2.58 bits per heavy atom. The van der Waals surface area contributed by atoms with Crippen molar-refractivity contribution in [2.75, 3.05) is 37.4 Å². The SMILES string of the molecule is O=C(CSc1nnc(CN2CCOCC2)n1-c1ccccc1)Nc1ccc(Cl)c(Cl)c1. The van der Waals surface area contributed by atoms with Crippen molar-refractivity contribution in [2.45, 2.75) is 11.7 Å². The number of benzene rings is 2. The van der Waals surface area contributed by atoms with Crippen molar-refractivity contribution in [3.8, 4) is 5.69 Å². The largest absolute Gasteiger partial charge is 0.379 e. The number of carbonyl (C=O) groups is 1. The van der Waals surface area contributed by atoms with E-state index in [0.29, 0.717) is 27.4 Å². The van der Waals surface area contributed by atoms with E-state index < -0.39 is 0 Å². The number of carbonyl (C=O) groups excluding carboxylic acids is 1. The number of nitrogens with zero attached hydrogens (tertiary/aromatic N) is 4. The Balaban J connectivity index is 1.48. The number of thioether (sulfide) groups is 1. The summed E-state index contributed by atoms with van der Waals surface area (Å²) in [6.45, 7) is 3.82. The Morgan fingerprint density at radius 2 is 1.84 bits per heavy atom. The minimum absolute atomic E-state index is 0.166. The van der Waals surface area contributed by atoms with E-state index in [2.05, 4.69) is 20.4 Å². The minimum Gasteiger partial charge on any atom is -0.379 e. The molecule has 1 amide bonds. The molecule has 0 spiro atoms. The van der Waals surface area contributed by atoms with Crippen LogP contribution in [0.5, 0.6) is 0 Å². The number of para-hydroxylation sites is 1. The topological polar surface area (TPSA) is 72.3 Å². The molecule has 1 N–H and O–H groups in total. The third-order valence-corrected chi connectivity index (χ3v) is 6.39. The van der Waals surface area contributed by atoms with E-state index >= 15 is 0 Å². The molecule has 0 atom stereocenters. The van der Waals surface area contributed by atoms with Crippen LogP contribution in [-0.4, -0.2) is 57.6 Å². The maximum absolute atomic E-state index is 12.5. The van der Waals surface area contributed by atoms with Crippen LogP contribution in [0.2, 0.25) is 10.0 Å². The molecular formula is C21H21Cl2N5O2S. The highest BCUT2D eigenvalue weighted by molar-refractivity contribution is 7.99. The summed E-state index contributed by atoms with van der Waals surface area (Å²) in [5.41, 5.74) is 1.56. The zero-order chi connectivity index (χ0) is 21.6. The van der Waals surface area contributed by atoms with E-state index in [0.717, 1.165) is 37.8 Å². The van der Waals surface area contributed by atoms with Gasteiger partial charge in [-0.3, -0.25) is 14.3 Å². The zero-order valence-corrected chi connectivity index (χ0v) is 19.0. The molecule has 10 heteroatoms. The summed E-state index contributed by atoms with van der Waals surface area (Å²) in [6, 6.07) is 14.9. The summed E-state index contributed by atoms with van der Waals surface area (Å²) < 4.78 is 7.44. The summed E-state index contributed by atoms with van der Waals surface area (Å²) in [4.78, 5) is 14.8. The number of nitrogens with one attached hydrogen (secondary N) is 1. The Labute approximate surface area is 194 Å². The van der Waals surface area contributed by atoms with Crippen LogP contribution < -0.4 is 5.32 Å². The van der Waals surface area contributed by atoms with Crippen LogP contribution >= 0.6 is 35.0 Å². The number of hydrogen-bond acceptors (Lipinski definition) is 6. The lowest BCUT2D eigenvalue weighted by molar-refractivity contribution is -0.113. The fourth-order valence-electron chi connectivity index (χ4n) is 3.19. The summed E-state index contributed by atoms with van der Waals surface area (Å²) in [6.07, 6.45) is 0. The second-order valence-corrected chi connectivity index (χ2v) is 8.68. The van der Waals surface area contributed by atoms with E-state index in [1.807, 2.05) is 34.9 Å². The molecule has 1 aromatic heterocycles. The molecule has 0 unspecified atom stereocenters. The molecule has 0 aliphatic carbocycles. The van der Waals surface area contributed by atoms with E-state index in [1.54, 1.807) is 18.2 Å². The number of hydrogen-bond donors (Lipinski definition) is 1. The maximum Gasteiger partial charge on any atom is 0.234 e. The number of anilines is 1. The van der Waals surface area contributed by atoms with E-state index in [1.165, 1.54) is 11.8 Å². The van der Waals surface area contributed by atoms with Crippen LogP contribution in [0.4, 0.5) is 5.69 Å². The monoisotopic (exact) mass is 477 g/mol. The second-order valence-electron chi connectivity index (χ2n) is 6.92. The average molecular weight is 478 g/mol. The van der Waals surface area contributed by atoms with Gasteiger partial charge in [0.25, 0.3) is 0 Å². The van der Waals surface area contributed by atoms with E-state index in [-0.39, 0.29) is 11.7 Å². The molecule has 0 radical (unpaired) electrons. The predicted molar refractivity (Wildman–Crippen MR) is 123 cm³/mol. The van der Waals surface area contributed by atoms with Crippen molar-refractivity contribution in [1.29, 1.82) is 0 Å². The molecule has 0 bridgehead atoms. The molecule has 1 saturated heterocycles. The van der Waals surface area contributed by atoms with Crippen LogP contribution in [0, 0.1) is 0 Å². The molecule has 162 valence electrons. The van der Waals surface area contributed by atoms with Crippen molar-refractivity contribution in [3.63, 3.8) is 0 Å². The molecule has 1 fully saturated rings. The highest BCUT2D eigenvalue weighted by Gasteiger charge is 2.19. The van der Waals surface area contributed by atoms with Gasteiger partial charge in [0.05, 0.1) is 35.6 Å². The third-order valence-electron chi connectivity index (χ3n) is 4.72. The van der Waals surface area contributed by atoms with Crippen molar-refractivity contribution >= 4 is 46.6 Å². The summed E-state index contributed by atoms with van der Waals surface area (Å²) in [5, 5.41) is 13.1. The van der Waals surface area contributed by atoms with Crippen LogP contribution in [0.25, 0.3) is 5.69 Å². The molecular weight excluding hydrogens is 457 g/mol. The summed E-state index contributed by atoms with van der Waals surface area (Å²) >= 11 is 13.3. The normalized spacial score (nSPS) is 14.5. The van der Waals surface area contributed by atoms with Gasteiger partial charge in [-0.15, -0.1) is 10.2 Å². The maximum atomic E-state index is 12.5. The molecule has 4 rings (SSSR count). The lowest BCUT2D eigenvalue weighted by Gasteiger charge is -2.26. The number of halogens is 2. The zero-order valence-electron chi connectivity index (χ0n) is 16.6. The fraction of sp³-hybridized carbons (Fsp3) is 0.286. The van der Waals surface area contributed by atoms with Crippen molar-refractivity contribution in [1.82, 2.24) is 19.7 Å². The third kappa shape index (κ3) is 5.78. The van der Waals surface area contributed by atoms with Gasteiger partial charge in [0.15, 0.2) is 11.0 Å². The smallest absolute Gasteiger partial charge is 0.234 e. The number of ether oxygens (including phenoxy) is 1. The molecule has 31 heavy (non-hydrogen) atoms. The number of amides is 1. The Kier molecular flexibility index (Phi) is 7.47. The number of morpholine rings is 1. The highest BCUT2D eigenvalue weighted by Crippen LogP contribution is 2.26. The van der Waals surface area contributed by atoms with Gasteiger partial charge in [0.2, 0.25) is 5.91 Å². The van der Waals surface area contributed by atoms with Gasteiger partial charge in [0, 0.05) is 24.5 Å². The molecule has 0 saturated carbocycles. The van der Waals surface area contributed by atoms with Crippen LogP contribution in [0.15, 0.2) is 53.7 Å². The first kappa shape index (κ1) is 22.1. The van der Waals surface area contributed by atoms with E-state index in [4.69, 9.17) is 27.9 Å². The van der Waals surface area contributed by atoms with Crippen LogP contribution in [0.1, 0.15) is 5.82 Å². The first-order valence-corrected chi connectivity index (χ1v) is 11.5. The molecule has 3 aromatic rings. The Morgan fingerprint density at radius 1 is 1.06 bits per heavy atom. The van der Waals surface area contributed by atoms with Gasteiger partial charge >= 0.3 is 0 Å². The van der Waals surface area contributed by atoms with Gasteiger partial charge in [0.1, 0.15) is 0 Å². The van der Waals surface area contributed by atoms with Crippen LogP contribution in [-0.2, 0) is 16.1 Å². The van der Waals surface area contributed by atoms with Crippen molar-refractivity contribution in [3.05, 3.63) is 64.4 Å². The molecule has 7 nitrogen and oxygen atoms in total. The van der Waals surface area contributed by atoms with Gasteiger partial charge in [-0.2, -0.15) is 0 Å². The molecule has 1 aliphatic rings. The van der Waals surface area contributed by atoms with Crippen LogP contribution in [0.3, 0.4) is 0 Å². The van der Waals surface area contributed by atoms with Gasteiger partial charge in [-0.05, 0) is 30.3 Å². The molecule has 2 aromatic carbocycles. The highest BCUT2D eigenvalue weighted by atomic mass is 35.5. The fourth-order valence-corrected chi connectivity index (χ4v) is 4.26. The lowest BCUT2D eigenvalue weighted by Crippen LogP contribution is -2.36. The summed E-state index contributed by atoms with van der Waals surface area (Å²) in [7, 11) is 0. The number of rotatable bonds is 7. The van der Waals surface area contributed by atoms with Gasteiger partial charge in [-0.25, -0.2) is 0 Å². The van der Waals surface area contributed by atoms with Gasteiger partial charge in [-0.1, -0.05) is 53.2 Å². The first-order chi connectivity index (χ1) is 15.1. The quantitative estimate of drug-likeness (QED) is 0.515. The van der Waals surface area contributed by atoms with Crippen molar-refractivity contribution < 1.29 is 9.53 Å². The van der Waals surface area contributed by atoms with Crippen molar-refractivity contribution in [2.24, 2.45) is 0 Å². The van der Waals surface area contributed by atoms with Gasteiger partial charge < -0.3 is 10.1 Å². The lowest BCUT2D eigenvalue weighted by atomic mass is 10.3.